The van der Waals surface area contributed by atoms with E-state index in [1.165, 1.54) is 19.9 Å². The molecule has 0 radical (unpaired) electrons. The van der Waals surface area contributed by atoms with Crippen molar-refractivity contribution < 1.29 is 28.2 Å². The average Bonchev–Trinajstić information content (AvgIpc) is 2.60. The van der Waals surface area contributed by atoms with E-state index >= 15 is 8.78 Å². The number of aromatic hydroxyl groups is 1. The molecule has 2 aromatic carbocycles. The van der Waals surface area contributed by atoms with Crippen molar-refractivity contribution in [3.8, 4) is 5.75 Å². The number of hydrogen-bond donors (Lipinski definition) is 2. The third-order valence-electron chi connectivity index (χ3n) is 5.19. The lowest BCUT2D eigenvalue weighted by Crippen LogP contribution is -2.48. The molecule has 0 aliphatic carbocycles. The maximum absolute atomic E-state index is 15.1. The number of fused-ring (bicyclic) bond motifs is 1. The van der Waals surface area contributed by atoms with Crippen LogP contribution in [0.2, 0.25) is 0 Å². The smallest absolute Gasteiger partial charge is 0.328 e. The number of carboxylic acid groups (broad SMARTS) is 1. The fourth-order valence-corrected chi connectivity index (χ4v) is 4.04. The third-order valence-corrected chi connectivity index (χ3v) is 5.19. The summed E-state index contributed by atoms with van der Waals surface area (Å²) in [4.78, 5) is 12.4. The van der Waals surface area contributed by atoms with E-state index < -0.39 is 29.3 Å². The Bertz CT molecular complexity index is 975. The quantitative estimate of drug-likeness (QED) is 0.680. The van der Waals surface area contributed by atoms with Crippen molar-refractivity contribution >= 4 is 12.0 Å². The molecule has 3 rings (SSSR count). The van der Waals surface area contributed by atoms with Crippen LogP contribution in [0, 0.1) is 11.6 Å². The van der Waals surface area contributed by atoms with E-state index in [9.17, 15) is 14.3 Å². The summed E-state index contributed by atoms with van der Waals surface area (Å²) < 4.78 is 44.9. The van der Waals surface area contributed by atoms with E-state index in [1.807, 2.05) is 6.92 Å². The van der Waals surface area contributed by atoms with Gasteiger partial charge in [0.25, 0.3) is 0 Å². The Labute approximate surface area is 173 Å². The number of alkyl halides is 1. The van der Waals surface area contributed by atoms with Crippen molar-refractivity contribution in [3.63, 3.8) is 0 Å². The van der Waals surface area contributed by atoms with Gasteiger partial charge in [-0.25, -0.2) is 18.0 Å². The largest absolute Gasteiger partial charge is 0.508 e. The van der Waals surface area contributed by atoms with Gasteiger partial charge in [0.1, 0.15) is 23.1 Å². The fraction of sp³-hybridized carbons (Fsp3) is 0.348. The third kappa shape index (κ3) is 4.67. The second kappa shape index (κ2) is 8.14. The molecule has 7 heteroatoms. The number of phenols is 1. The summed E-state index contributed by atoms with van der Waals surface area (Å²) >= 11 is 0. The van der Waals surface area contributed by atoms with E-state index in [0.29, 0.717) is 12.0 Å². The molecule has 2 N–H and O–H groups in total. The van der Waals surface area contributed by atoms with Crippen LogP contribution in [0.25, 0.3) is 6.08 Å². The van der Waals surface area contributed by atoms with E-state index in [1.54, 1.807) is 17.0 Å². The molecular formula is C23H24F3NO3. The minimum absolute atomic E-state index is 0.0430. The molecule has 4 nitrogen and oxygen atoms in total. The normalized spacial score (nSPS) is 19.8. The van der Waals surface area contributed by atoms with Crippen molar-refractivity contribution in [3.05, 3.63) is 70.3 Å². The van der Waals surface area contributed by atoms with Gasteiger partial charge in [-0.2, -0.15) is 0 Å². The van der Waals surface area contributed by atoms with E-state index in [-0.39, 0.29) is 29.5 Å². The second-order valence-corrected chi connectivity index (χ2v) is 8.30. The van der Waals surface area contributed by atoms with Crippen LogP contribution in [-0.2, 0) is 11.2 Å². The number of phenolic OH excluding ortho intramolecular Hbond substituents is 1. The Kier molecular flexibility index (Phi) is 5.94. The highest BCUT2D eigenvalue weighted by Gasteiger charge is 2.39. The molecule has 2 aromatic rings. The lowest BCUT2D eigenvalue weighted by atomic mass is 9.83. The molecule has 0 saturated carbocycles. The summed E-state index contributed by atoms with van der Waals surface area (Å²) in [5.74, 6) is -2.88. The van der Waals surface area contributed by atoms with Gasteiger partial charge in [0.2, 0.25) is 0 Å². The van der Waals surface area contributed by atoms with Crippen LogP contribution in [0.5, 0.6) is 5.75 Å². The Hall–Kier alpha value is -2.80. The van der Waals surface area contributed by atoms with Gasteiger partial charge in [0.15, 0.2) is 0 Å². The number of nitrogens with zero attached hydrogens (tertiary/aromatic N) is 1. The van der Waals surface area contributed by atoms with Crippen molar-refractivity contribution in [2.24, 2.45) is 0 Å². The van der Waals surface area contributed by atoms with Gasteiger partial charge in [-0.1, -0.05) is 6.07 Å². The molecule has 0 bridgehead atoms. The topological polar surface area (TPSA) is 60.8 Å². The van der Waals surface area contributed by atoms with Gasteiger partial charge in [-0.15, -0.1) is 0 Å². The SMILES string of the molecule is CC1Cc2cc(O)ccc2C(c2c(F)cc(/C=C/C(=O)O)cc2F)N1CC(C)(C)F. The minimum atomic E-state index is -1.60. The van der Waals surface area contributed by atoms with Gasteiger partial charge in [-0.05, 0) is 74.2 Å². The molecule has 0 spiro atoms. The number of carbonyl (C=O) groups is 1. The zero-order valence-electron chi connectivity index (χ0n) is 17.0. The van der Waals surface area contributed by atoms with Crippen molar-refractivity contribution in [2.75, 3.05) is 6.54 Å². The number of hydrogen-bond acceptors (Lipinski definition) is 3. The Morgan fingerprint density at radius 1 is 1.23 bits per heavy atom. The van der Waals surface area contributed by atoms with Crippen molar-refractivity contribution in [2.45, 2.75) is 44.9 Å². The van der Waals surface area contributed by atoms with E-state index in [0.717, 1.165) is 29.8 Å². The molecule has 2 unspecified atom stereocenters. The van der Waals surface area contributed by atoms with Crippen LogP contribution in [-0.4, -0.2) is 39.3 Å². The highest BCUT2D eigenvalue weighted by Crippen LogP contribution is 2.42. The number of aliphatic carboxylic acids is 1. The van der Waals surface area contributed by atoms with Crippen LogP contribution in [0.15, 0.2) is 36.4 Å². The van der Waals surface area contributed by atoms with Gasteiger partial charge in [0.05, 0.1) is 6.04 Å². The first-order valence-corrected chi connectivity index (χ1v) is 9.62. The molecule has 1 aliphatic heterocycles. The van der Waals surface area contributed by atoms with Crippen LogP contribution in [0.1, 0.15) is 49.1 Å². The van der Waals surface area contributed by atoms with Crippen LogP contribution in [0.4, 0.5) is 13.2 Å². The predicted octanol–water partition coefficient (Wildman–Crippen LogP) is 4.85. The molecular weight excluding hydrogens is 395 g/mol. The van der Waals surface area contributed by atoms with E-state index in [4.69, 9.17) is 5.11 Å². The Balaban J connectivity index is 2.17. The first kappa shape index (κ1) is 21.9. The zero-order valence-corrected chi connectivity index (χ0v) is 17.0. The van der Waals surface area contributed by atoms with Crippen LogP contribution < -0.4 is 0 Å². The summed E-state index contributed by atoms with van der Waals surface area (Å²) in [6, 6.07) is 5.63. The highest BCUT2D eigenvalue weighted by molar-refractivity contribution is 5.85. The van der Waals surface area contributed by atoms with Gasteiger partial charge in [0, 0.05) is 24.2 Å². The summed E-state index contributed by atoms with van der Waals surface area (Å²) in [5, 5.41) is 18.6. The standard InChI is InChI=1S/C23H24F3NO3/c1-13-8-15-11-16(28)5-6-17(15)22(27(13)12-23(2,3)26)21-18(24)9-14(10-19(21)25)4-7-20(29)30/h4-7,9-11,13,22,28H,8,12H2,1-3H3,(H,29,30)/b7-4+. The van der Waals surface area contributed by atoms with Crippen molar-refractivity contribution in [1.29, 1.82) is 0 Å². The maximum atomic E-state index is 15.1. The Morgan fingerprint density at radius 3 is 2.43 bits per heavy atom. The van der Waals surface area contributed by atoms with Gasteiger partial charge >= 0.3 is 5.97 Å². The minimum Gasteiger partial charge on any atom is -0.508 e. The summed E-state index contributed by atoms with van der Waals surface area (Å²) in [7, 11) is 0. The monoisotopic (exact) mass is 419 g/mol. The summed E-state index contributed by atoms with van der Waals surface area (Å²) in [5.41, 5.74) is -0.415. The average molecular weight is 419 g/mol. The first-order chi connectivity index (χ1) is 14.0. The van der Waals surface area contributed by atoms with E-state index in [2.05, 4.69) is 0 Å². The Morgan fingerprint density at radius 2 is 1.87 bits per heavy atom. The lowest BCUT2D eigenvalue weighted by molar-refractivity contribution is -0.131. The predicted molar refractivity (Wildman–Crippen MR) is 108 cm³/mol. The molecule has 0 fully saturated rings. The molecule has 2 atom stereocenters. The molecule has 1 aliphatic rings. The lowest BCUT2D eigenvalue weighted by Gasteiger charge is -2.44. The first-order valence-electron chi connectivity index (χ1n) is 9.62. The summed E-state index contributed by atoms with van der Waals surface area (Å²) in [6.07, 6.45) is 2.40. The van der Waals surface area contributed by atoms with Gasteiger partial charge < -0.3 is 10.2 Å². The fourth-order valence-electron chi connectivity index (χ4n) is 4.04. The molecule has 1 heterocycles. The number of rotatable bonds is 5. The molecule has 0 amide bonds. The summed E-state index contributed by atoms with van der Waals surface area (Å²) in [6.45, 7) is 4.63. The number of carboxylic acids is 1. The maximum Gasteiger partial charge on any atom is 0.328 e. The number of benzene rings is 2. The number of halogens is 3. The highest BCUT2D eigenvalue weighted by atomic mass is 19.1. The van der Waals surface area contributed by atoms with Gasteiger partial charge in [-0.3, -0.25) is 4.90 Å². The van der Waals surface area contributed by atoms with Crippen LogP contribution in [0.3, 0.4) is 0 Å². The molecule has 0 aromatic heterocycles. The molecule has 30 heavy (non-hydrogen) atoms. The van der Waals surface area contributed by atoms with Crippen molar-refractivity contribution in [1.82, 2.24) is 4.90 Å². The molecule has 160 valence electrons. The van der Waals surface area contributed by atoms with Crippen LogP contribution >= 0.6 is 0 Å². The molecule has 0 saturated heterocycles. The zero-order chi connectivity index (χ0) is 22.2. The second-order valence-electron chi connectivity index (χ2n) is 8.30.